The average Bonchev–Trinajstić information content (AvgIpc) is 2.71. The van der Waals surface area contributed by atoms with Crippen LogP contribution in [0.5, 0.6) is 0 Å². The van der Waals surface area contributed by atoms with Gasteiger partial charge in [0, 0.05) is 6.20 Å². The number of carboxylic acid groups (broad SMARTS) is 1. The van der Waals surface area contributed by atoms with E-state index in [0.29, 0.717) is 10.9 Å². The lowest BCUT2D eigenvalue weighted by molar-refractivity contribution is -0.133. The highest BCUT2D eigenvalue weighted by atomic mass is 35.5. The summed E-state index contributed by atoms with van der Waals surface area (Å²) in [5.74, 6) is -1.65. The maximum Gasteiger partial charge on any atom is 0.313 e. The topological polar surface area (TPSA) is 55.1 Å². The van der Waals surface area contributed by atoms with Gasteiger partial charge >= 0.3 is 5.97 Å². The third kappa shape index (κ3) is 3.08. The van der Waals surface area contributed by atoms with Gasteiger partial charge in [0.2, 0.25) is 0 Å². The molecule has 0 amide bonds. The molecule has 0 aliphatic carbocycles. The quantitative estimate of drug-likeness (QED) is 0.881. The molecule has 1 aromatic heterocycles. The molecule has 0 aliphatic rings. The Hall–Kier alpha value is -1.53. The van der Waals surface area contributed by atoms with Gasteiger partial charge in [0.15, 0.2) is 11.0 Å². The van der Waals surface area contributed by atoms with Gasteiger partial charge in [0.05, 0.1) is 22.2 Å². The Morgan fingerprint density at radius 1 is 1.58 bits per heavy atom. The molecule has 1 N–H and O–H groups in total. The molecule has 0 atom stereocenters. The Morgan fingerprint density at radius 2 is 2.32 bits per heavy atom. The van der Waals surface area contributed by atoms with Crippen molar-refractivity contribution in [3.05, 3.63) is 40.9 Å². The van der Waals surface area contributed by atoms with E-state index in [1.165, 1.54) is 10.6 Å². The van der Waals surface area contributed by atoms with Crippen molar-refractivity contribution < 1.29 is 14.3 Å². The van der Waals surface area contributed by atoms with Crippen molar-refractivity contribution in [2.24, 2.45) is 0 Å². The lowest BCUT2D eigenvalue weighted by Crippen LogP contribution is -2.02. The van der Waals surface area contributed by atoms with Gasteiger partial charge in [-0.25, -0.2) is 9.37 Å². The van der Waals surface area contributed by atoms with Crippen molar-refractivity contribution in [2.75, 3.05) is 5.75 Å². The van der Waals surface area contributed by atoms with Crippen molar-refractivity contribution in [1.82, 2.24) is 9.55 Å². The number of rotatable bonds is 4. The number of hydrogen-bond acceptors (Lipinski definition) is 3. The molecule has 0 radical (unpaired) electrons. The maximum absolute atomic E-state index is 14.0. The molecular formula is C12H10ClFN2O2S. The van der Waals surface area contributed by atoms with E-state index in [1.807, 2.05) is 0 Å². The zero-order valence-electron chi connectivity index (χ0n) is 9.93. The van der Waals surface area contributed by atoms with Crippen molar-refractivity contribution in [1.29, 1.82) is 0 Å². The molecule has 0 unspecified atom stereocenters. The van der Waals surface area contributed by atoms with Crippen LogP contribution in [-0.2, 0) is 4.79 Å². The molecule has 1 aromatic carbocycles. The van der Waals surface area contributed by atoms with Gasteiger partial charge < -0.3 is 5.11 Å². The largest absolute Gasteiger partial charge is 0.481 e. The Kier molecular flexibility index (Phi) is 4.11. The van der Waals surface area contributed by atoms with Crippen molar-refractivity contribution >= 4 is 29.3 Å². The molecule has 2 aromatic rings. The molecule has 0 spiro atoms. The van der Waals surface area contributed by atoms with E-state index < -0.39 is 11.8 Å². The standard InChI is InChI=1S/C12H10ClFN2O2S/c1-7-5-16(12(15-7)19-6-10(17)18)9-4-2-3-8(13)11(9)14/h2-5H,6H2,1H3,(H,17,18). The van der Waals surface area contributed by atoms with Crippen molar-refractivity contribution in [3.8, 4) is 5.69 Å². The second-order valence-electron chi connectivity index (χ2n) is 3.79. The molecule has 0 saturated heterocycles. The number of imidazole rings is 1. The van der Waals surface area contributed by atoms with E-state index in [9.17, 15) is 9.18 Å². The van der Waals surface area contributed by atoms with Gasteiger partial charge in [-0.3, -0.25) is 9.36 Å². The molecule has 0 bridgehead atoms. The third-order valence-electron chi connectivity index (χ3n) is 2.31. The highest BCUT2D eigenvalue weighted by molar-refractivity contribution is 7.99. The SMILES string of the molecule is Cc1cn(-c2cccc(Cl)c2F)c(SCC(=O)O)n1. The fraction of sp³-hybridized carbons (Fsp3) is 0.167. The molecule has 0 fully saturated rings. The number of carboxylic acids is 1. The Balaban J connectivity index is 2.44. The summed E-state index contributed by atoms with van der Waals surface area (Å²) in [5, 5.41) is 9.12. The van der Waals surface area contributed by atoms with E-state index in [2.05, 4.69) is 4.98 Å². The minimum absolute atomic E-state index is 0.0121. The Labute approximate surface area is 118 Å². The zero-order chi connectivity index (χ0) is 14.0. The number of benzene rings is 1. The molecular weight excluding hydrogens is 291 g/mol. The van der Waals surface area contributed by atoms with Crippen LogP contribution < -0.4 is 0 Å². The highest BCUT2D eigenvalue weighted by Gasteiger charge is 2.14. The molecule has 19 heavy (non-hydrogen) atoms. The second kappa shape index (κ2) is 5.63. The summed E-state index contributed by atoms with van der Waals surface area (Å²) in [6.45, 7) is 1.75. The van der Waals surface area contributed by atoms with E-state index in [4.69, 9.17) is 16.7 Å². The first-order valence-corrected chi connectivity index (χ1v) is 6.70. The van der Waals surface area contributed by atoms with Crippen LogP contribution in [0.2, 0.25) is 5.02 Å². The minimum Gasteiger partial charge on any atom is -0.481 e. The lowest BCUT2D eigenvalue weighted by atomic mass is 10.3. The van der Waals surface area contributed by atoms with Crippen LogP contribution in [-0.4, -0.2) is 26.4 Å². The Bertz CT molecular complexity index is 630. The van der Waals surface area contributed by atoms with Gasteiger partial charge in [-0.15, -0.1) is 0 Å². The van der Waals surface area contributed by atoms with E-state index >= 15 is 0 Å². The zero-order valence-corrected chi connectivity index (χ0v) is 11.5. The van der Waals surface area contributed by atoms with E-state index in [-0.39, 0.29) is 16.5 Å². The number of halogens is 2. The van der Waals surface area contributed by atoms with Gasteiger partial charge in [-0.1, -0.05) is 29.4 Å². The second-order valence-corrected chi connectivity index (χ2v) is 5.14. The fourth-order valence-electron chi connectivity index (χ4n) is 1.55. The predicted molar refractivity (Wildman–Crippen MR) is 71.6 cm³/mol. The number of aliphatic carboxylic acids is 1. The summed E-state index contributed by atoms with van der Waals surface area (Å²) < 4.78 is 15.5. The summed E-state index contributed by atoms with van der Waals surface area (Å²) in [6, 6.07) is 4.64. The molecule has 0 saturated carbocycles. The van der Waals surface area contributed by atoms with Crippen LogP contribution in [0.3, 0.4) is 0 Å². The summed E-state index contributed by atoms with van der Waals surface area (Å²) in [4.78, 5) is 14.8. The van der Waals surface area contributed by atoms with Crippen molar-refractivity contribution in [3.63, 3.8) is 0 Å². The highest BCUT2D eigenvalue weighted by Crippen LogP contribution is 2.26. The van der Waals surface area contributed by atoms with Crippen molar-refractivity contribution in [2.45, 2.75) is 12.1 Å². The first-order chi connectivity index (χ1) is 8.99. The number of aryl methyl sites for hydroxylation is 1. The van der Waals surface area contributed by atoms with Crippen LogP contribution in [0.1, 0.15) is 5.69 Å². The number of thioether (sulfide) groups is 1. The monoisotopic (exact) mass is 300 g/mol. The Morgan fingerprint density at radius 3 is 3.00 bits per heavy atom. The summed E-state index contributed by atoms with van der Waals surface area (Å²) in [6.07, 6.45) is 1.64. The minimum atomic E-state index is -0.955. The van der Waals surface area contributed by atoms with Gasteiger partial charge in [-0.2, -0.15) is 0 Å². The molecule has 1 heterocycles. The number of aromatic nitrogens is 2. The third-order valence-corrected chi connectivity index (χ3v) is 3.54. The average molecular weight is 301 g/mol. The van der Waals surface area contributed by atoms with E-state index in [1.54, 1.807) is 25.3 Å². The van der Waals surface area contributed by atoms with Crippen LogP contribution in [0.15, 0.2) is 29.6 Å². The number of hydrogen-bond donors (Lipinski definition) is 1. The molecule has 7 heteroatoms. The first-order valence-electron chi connectivity index (χ1n) is 5.34. The normalized spacial score (nSPS) is 10.7. The van der Waals surface area contributed by atoms with E-state index in [0.717, 1.165) is 11.8 Å². The number of nitrogens with zero attached hydrogens (tertiary/aromatic N) is 2. The van der Waals surface area contributed by atoms with Gasteiger partial charge in [0.25, 0.3) is 0 Å². The smallest absolute Gasteiger partial charge is 0.313 e. The number of carbonyl (C=O) groups is 1. The summed E-state index contributed by atoms with van der Waals surface area (Å²) in [7, 11) is 0. The van der Waals surface area contributed by atoms with Gasteiger partial charge in [-0.05, 0) is 19.1 Å². The van der Waals surface area contributed by atoms with Crippen LogP contribution in [0.4, 0.5) is 4.39 Å². The predicted octanol–water partition coefficient (Wildman–Crippen LogP) is 3.15. The van der Waals surface area contributed by atoms with Crippen LogP contribution >= 0.6 is 23.4 Å². The maximum atomic E-state index is 14.0. The van der Waals surface area contributed by atoms with Gasteiger partial charge in [0.1, 0.15) is 0 Å². The summed E-state index contributed by atoms with van der Waals surface area (Å²) >= 11 is 6.77. The first kappa shape index (κ1) is 13.9. The molecule has 2 rings (SSSR count). The molecule has 4 nitrogen and oxygen atoms in total. The van der Waals surface area contributed by atoms with Crippen LogP contribution in [0.25, 0.3) is 5.69 Å². The van der Waals surface area contributed by atoms with Crippen LogP contribution in [0, 0.1) is 12.7 Å². The lowest BCUT2D eigenvalue weighted by Gasteiger charge is -2.08. The fourth-order valence-corrected chi connectivity index (χ4v) is 2.48. The molecule has 0 aliphatic heterocycles. The molecule has 100 valence electrons. The summed E-state index contributed by atoms with van der Waals surface area (Å²) in [5.41, 5.74) is 0.924.